The Morgan fingerprint density at radius 3 is 3.07 bits per heavy atom. The first-order chi connectivity index (χ1) is 6.79. The predicted octanol–water partition coefficient (Wildman–Crippen LogP) is 1.23. The van der Waals surface area contributed by atoms with Crippen molar-refractivity contribution in [3.63, 3.8) is 0 Å². The minimum atomic E-state index is -0.128. The molecule has 1 aliphatic heterocycles. The second-order valence-electron chi connectivity index (χ2n) is 4.37. The normalized spacial score (nSPS) is 37.6. The maximum Gasteiger partial charge on any atom is 0.0831 e. The lowest BCUT2D eigenvalue weighted by Gasteiger charge is -2.31. The number of rotatable bonds is 3. The Morgan fingerprint density at radius 1 is 1.50 bits per heavy atom. The van der Waals surface area contributed by atoms with Gasteiger partial charge in [-0.1, -0.05) is 12.2 Å². The van der Waals surface area contributed by atoms with E-state index in [4.69, 9.17) is 15.2 Å². The van der Waals surface area contributed by atoms with E-state index in [0.29, 0.717) is 6.61 Å². The molecular weight excluding hydrogens is 178 g/mol. The van der Waals surface area contributed by atoms with Crippen LogP contribution in [0.2, 0.25) is 0 Å². The molecule has 2 N–H and O–H groups in total. The van der Waals surface area contributed by atoms with Crippen molar-refractivity contribution in [2.75, 3.05) is 19.8 Å². The summed E-state index contributed by atoms with van der Waals surface area (Å²) >= 11 is 0. The summed E-state index contributed by atoms with van der Waals surface area (Å²) in [5.41, 5.74) is 6.09. The molecule has 2 atom stereocenters. The van der Waals surface area contributed by atoms with Crippen LogP contribution in [0.15, 0.2) is 12.2 Å². The highest BCUT2D eigenvalue weighted by Gasteiger charge is 2.27. The van der Waals surface area contributed by atoms with E-state index in [-0.39, 0.29) is 11.6 Å². The second kappa shape index (κ2) is 4.43. The van der Waals surface area contributed by atoms with Gasteiger partial charge in [0.1, 0.15) is 0 Å². The van der Waals surface area contributed by atoms with Crippen molar-refractivity contribution < 1.29 is 9.47 Å². The Bertz CT molecular complexity index is 211. The van der Waals surface area contributed by atoms with E-state index in [1.54, 1.807) is 0 Å². The Balaban J connectivity index is 1.75. The van der Waals surface area contributed by atoms with Gasteiger partial charge in [0.2, 0.25) is 0 Å². The van der Waals surface area contributed by atoms with Gasteiger partial charge in [0.15, 0.2) is 0 Å². The summed E-state index contributed by atoms with van der Waals surface area (Å²) in [4.78, 5) is 0. The molecule has 0 bridgehead atoms. The van der Waals surface area contributed by atoms with Gasteiger partial charge in [-0.3, -0.25) is 0 Å². The number of hydrogen-bond acceptors (Lipinski definition) is 3. The first kappa shape index (κ1) is 10.1. The third kappa shape index (κ3) is 2.56. The largest absolute Gasteiger partial charge is 0.379 e. The van der Waals surface area contributed by atoms with Crippen molar-refractivity contribution in [1.82, 2.24) is 0 Å². The molecule has 2 aliphatic rings. The monoisotopic (exact) mass is 197 g/mol. The summed E-state index contributed by atoms with van der Waals surface area (Å²) in [6, 6.07) is 0. The van der Waals surface area contributed by atoms with Gasteiger partial charge >= 0.3 is 0 Å². The number of allylic oxidation sites excluding steroid dienone is 1. The molecule has 80 valence electrons. The van der Waals surface area contributed by atoms with Crippen LogP contribution in [0, 0.1) is 0 Å². The van der Waals surface area contributed by atoms with Gasteiger partial charge in [0.05, 0.1) is 19.3 Å². The van der Waals surface area contributed by atoms with Gasteiger partial charge in [-0.05, 0) is 25.7 Å². The number of ether oxygens (including phenoxy) is 2. The molecule has 14 heavy (non-hydrogen) atoms. The molecule has 0 aromatic rings. The van der Waals surface area contributed by atoms with Crippen molar-refractivity contribution in [1.29, 1.82) is 0 Å². The summed E-state index contributed by atoms with van der Waals surface area (Å²) in [6.07, 6.45) is 8.73. The molecule has 0 saturated carbocycles. The third-order valence-electron chi connectivity index (χ3n) is 2.99. The van der Waals surface area contributed by atoms with Gasteiger partial charge in [0, 0.05) is 12.1 Å². The van der Waals surface area contributed by atoms with E-state index in [2.05, 4.69) is 12.2 Å². The van der Waals surface area contributed by atoms with Crippen LogP contribution in [-0.4, -0.2) is 31.5 Å². The molecular formula is C11H19NO2. The zero-order valence-electron chi connectivity index (χ0n) is 8.58. The first-order valence-electron chi connectivity index (χ1n) is 5.42. The molecule has 0 aromatic carbocycles. The molecule has 0 amide bonds. The molecule has 2 unspecified atom stereocenters. The fourth-order valence-corrected chi connectivity index (χ4v) is 1.97. The van der Waals surface area contributed by atoms with Gasteiger partial charge in [-0.2, -0.15) is 0 Å². The molecule has 0 aromatic heterocycles. The lowest BCUT2D eigenvalue weighted by atomic mass is 9.87. The van der Waals surface area contributed by atoms with Crippen LogP contribution < -0.4 is 5.73 Å². The first-order valence-corrected chi connectivity index (χ1v) is 5.42. The van der Waals surface area contributed by atoms with E-state index < -0.39 is 0 Å². The molecule has 3 heteroatoms. The fraction of sp³-hybridized carbons (Fsp3) is 0.818. The molecule has 1 saturated heterocycles. The van der Waals surface area contributed by atoms with E-state index in [9.17, 15) is 0 Å². The fourth-order valence-electron chi connectivity index (χ4n) is 1.97. The van der Waals surface area contributed by atoms with Crippen molar-refractivity contribution >= 4 is 0 Å². The van der Waals surface area contributed by atoms with Crippen LogP contribution in [0.3, 0.4) is 0 Å². The summed E-state index contributed by atoms with van der Waals surface area (Å²) in [5.74, 6) is 0. The Morgan fingerprint density at radius 2 is 2.43 bits per heavy atom. The summed E-state index contributed by atoms with van der Waals surface area (Å²) in [6.45, 7) is 2.25. The van der Waals surface area contributed by atoms with E-state index in [0.717, 1.165) is 38.9 Å². The highest BCUT2D eigenvalue weighted by atomic mass is 16.5. The van der Waals surface area contributed by atoms with Crippen LogP contribution in [0.5, 0.6) is 0 Å². The molecule has 0 spiro atoms. The lowest BCUT2D eigenvalue weighted by molar-refractivity contribution is 0.0114. The Hall–Kier alpha value is -0.380. The molecule has 1 aliphatic carbocycles. The molecule has 1 heterocycles. The minimum absolute atomic E-state index is 0.128. The Labute approximate surface area is 85.3 Å². The van der Waals surface area contributed by atoms with Gasteiger partial charge in [0.25, 0.3) is 0 Å². The highest BCUT2D eigenvalue weighted by molar-refractivity contribution is 5.01. The van der Waals surface area contributed by atoms with Crippen LogP contribution in [0.1, 0.15) is 25.7 Å². The quantitative estimate of drug-likeness (QED) is 0.692. The van der Waals surface area contributed by atoms with Crippen LogP contribution in [-0.2, 0) is 9.47 Å². The zero-order chi connectivity index (χ0) is 9.86. The molecule has 0 radical (unpaired) electrons. The van der Waals surface area contributed by atoms with E-state index in [1.807, 2.05) is 0 Å². The maximum absolute atomic E-state index is 6.22. The number of nitrogens with two attached hydrogens (primary N) is 1. The van der Waals surface area contributed by atoms with Gasteiger partial charge in [-0.15, -0.1) is 0 Å². The van der Waals surface area contributed by atoms with Gasteiger partial charge < -0.3 is 15.2 Å². The second-order valence-corrected chi connectivity index (χ2v) is 4.37. The standard InChI is InChI=1S/C11H19NO2/c12-11(5-2-1-3-6-11)9-14-10-4-7-13-8-10/h1-2,10H,3-9,12H2. The summed E-state index contributed by atoms with van der Waals surface area (Å²) < 4.78 is 11.0. The summed E-state index contributed by atoms with van der Waals surface area (Å²) in [7, 11) is 0. The Kier molecular flexibility index (Phi) is 3.21. The topological polar surface area (TPSA) is 44.5 Å². The minimum Gasteiger partial charge on any atom is -0.379 e. The molecule has 3 nitrogen and oxygen atoms in total. The highest BCUT2D eigenvalue weighted by Crippen LogP contribution is 2.22. The summed E-state index contributed by atoms with van der Waals surface area (Å²) in [5, 5.41) is 0. The molecule has 2 rings (SSSR count). The SMILES string of the molecule is NC1(COC2CCOC2)CC=CCC1. The van der Waals surface area contributed by atoms with Crippen LogP contribution in [0.4, 0.5) is 0 Å². The van der Waals surface area contributed by atoms with Crippen LogP contribution >= 0.6 is 0 Å². The number of hydrogen-bond donors (Lipinski definition) is 1. The van der Waals surface area contributed by atoms with Crippen molar-refractivity contribution in [3.8, 4) is 0 Å². The maximum atomic E-state index is 6.22. The van der Waals surface area contributed by atoms with E-state index in [1.165, 1.54) is 0 Å². The predicted molar refractivity (Wildman–Crippen MR) is 55.1 cm³/mol. The smallest absolute Gasteiger partial charge is 0.0831 e. The van der Waals surface area contributed by atoms with Gasteiger partial charge in [-0.25, -0.2) is 0 Å². The van der Waals surface area contributed by atoms with Crippen molar-refractivity contribution in [3.05, 3.63) is 12.2 Å². The van der Waals surface area contributed by atoms with Crippen LogP contribution in [0.25, 0.3) is 0 Å². The zero-order valence-corrected chi connectivity index (χ0v) is 8.58. The van der Waals surface area contributed by atoms with Crippen molar-refractivity contribution in [2.45, 2.75) is 37.3 Å². The average molecular weight is 197 g/mol. The van der Waals surface area contributed by atoms with Crippen molar-refractivity contribution in [2.24, 2.45) is 5.73 Å². The molecule has 1 fully saturated rings. The average Bonchev–Trinajstić information content (AvgIpc) is 2.69. The lowest BCUT2D eigenvalue weighted by Crippen LogP contribution is -2.46. The van der Waals surface area contributed by atoms with E-state index >= 15 is 0 Å². The third-order valence-corrected chi connectivity index (χ3v) is 2.99.